The van der Waals surface area contributed by atoms with Crippen molar-refractivity contribution in [1.82, 2.24) is 25.1 Å². The molecule has 194 valence electrons. The summed E-state index contributed by atoms with van der Waals surface area (Å²) in [6.45, 7) is 3.61. The Hall–Kier alpha value is -3.35. The van der Waals surface area contributed by atoms with Crippen molar-refractivity contribution in [3.63, 3.8) is 0 Å². The Morgan fingerprint density at radius 3 is 2.59 bits per heavy atom. The number of hydrogen-bond donors (Lipinski definition) is 2. The standard InChI is InChI=1S/C24H23ClF2N6O3S/c1-13-21-23(31-30-13)28-22(29-24(21)36-16-7-9-33(2)10-8-16)14-3-6-19(18(27)11-14)32-37(34,35)20-12-15(25)4-5-17(20)26/h3-6,11-12,16,32H,7-10H2,1-2H3,(H,28,29,30,31). The van der Waals surface area contributed by atoms with Crippen molar-refractivity contribution < 1.29 is 21.9 Å². The van der Waals surface area contributed by atoms with Crippen molar-refractivity contribution in [3.8, 4) is 17.3 Å². The van der Waals surface area contributed by atoms with Crippen LogP contribution in [0.4, 0.5) is 14.5 Å². The molecule has 1 aliphatic heterocycles. The number of fused-ring (bicyclic) bond motifs is 1. The number of H-pyrrole nitrogens is 1. The second-order valence-electron chi connectivity index (χ2n) is 8.88. The molecule has 1 saturated heterocycles. The van der Waals surface area contributed by atoms with Crippen LogP contribution < -0.4 is 9.46 Å². The molecule has 3 heterocycles. The third-order valence-electron chi connectivity index (χ3n) is 6.17. The SMILES string of the molecule is Cc1n[nH]c2nc(-c3ccc(NS(=O)(=O)c4cc(Cl)ccc4F)c(F)c3)nc(OC3CCN(C)CC3)c12. The number of aromatic amines is 1. The van der Waals surface area contributed by atoms with Crippen molar-refractivity contribution in [1.29, 1.82) is 0 Å². The van der Waals surface area contributed by atoms with Crippen molar-refractivity contribution in [2.75, 3.05) is 24.9 Å². The van der Waals surface area contributed by atoms with Crippen molar-refractivity contribution in [3.05, 3.63) is 58.7 Å². The molecule has 5 rings (SSSR count). The summed E-state index contributed by atoms with van der Waals surface area (Å²) in [6.07, 6.45) is 1.65. The molecule has 1 fully saturated rings. The number of anilines is 1. The Morgan fingerprint density at radius 1 is 1.11 bits per heavy atom. The van der Waals surface area contributed by atoms with Gasteiger partial charge < -0.3 is 9.64 Å². The van der Waals surface area contributed by atoms with Crippen LogP contribution in [0.2, 0.25) is 5.02 Å². The van der Waals surface area contributed by atoms with Gasteiger partial charge in [0.05, 0.1) is 11.4 Å². The summed E-state index contributed by atoms with van der Waals surface area (Å²) in [5, 5.41) is 7.73. The average Bonchev–Trinajstić information content (AvgIpc) is 3.24. The summed E-state index contributed by atoms with van der Waals surface area (Å²) in [6, 6.07) is 6.86. The normalized spacial score (nSPS) is 15.3. The lowest BCUT2D eigenvalue weighted by atomic mass is 10.1. The summed E-state index contributed by atoms with van der Waals surface area (Å²) in [5.41, 5.74) is 1.03. The minimum atomic E-state index is -4.44. The molecule has 4 aromatic rings. The zero-order valence-electron chi connectivity index (χ0n) is 19.9. The lowest BCUT2D eigenvalue weighted by Crippen LogP contribution is -2.35. The molecule has 0 unspecified atom stereocenters. The fraction of sp³-hybridized carbons (Fsp3) is 0.292. The van der Waals surface area contributed by atoms with Gasteiger partial charge in [-0.2, -0.15) is 10.1 Å². The second kappa shape index (κ2) is 9.84. The molecule has 13 heteroatoms. The van der Waals surface area contributed by atoms with E-state index in [0.29, 0.717) is 22.6 Å². The van der Waals surface area contributed by atoms with Crippen LogP contribution in [0.3, 0.4) is 0 Å². The highest BCUT2D eigenvalue weighted by atomic mass is 35.5. The molecule has 0 atom stereocenters. The van der Waals surface area contributed by atoms with Crippen LogP contribution in [-0.4, -0.2) is 59.7 Å². The minimum Gasteiger partial charge on any atom is -0.474 e. The molecule has 2 aromatic carbocycles. The predicted molar refractivity (Wildman–Crippen MR) is 135 cm³/mol. The zero-order valence-corrected chi connectivity index (χ0v) is 21.5. The molecule has 2 aromatic heterocycles. The van der Waals surface area contributed by atoms with Gasteiger partial charge in [-0.15, -0.1) is 0 Å². The Bertz CT molecular complexity index is 1590. The molecular weight excluding hydrogens is 526 g/mol. The van der Waals surface area contributed by atoms with Crippen LogP contribution >= 0.6 is 11.6 Å². The Labute approximate surface area is 216 Å². The Balaban J connectivity index is 1.46. The number of sulfonamides is 1. The van der Waals surface area contributed by atoms with Gasteiger partial charge in [0.15, 0.2) is 11.5 Å². The van der Waals surface area contributed by atoms with Crippen LogP contribution in [0.15, 0.2) is 41.3 Å². The van der Waals surface area contributed by atoms with Gasteiger partial charge >= 0.3 is 0 Å². The van der Waals surface area contributed by atoms with E-state index in [1.165, 1.54) is 18.2 Å². The van der Waals surface area contributed by atoms with Crippen molar-refractivity contribution in [2.45, 2.75) is 30.8 Å². The number of nitrogens with zero attached hydrogens (tertiary/aromatic N) is 4. The number of benzene rings is 2. The highest BCUT2D eigenvalue weighted by molar-refractivity contribution is 7.92. The van der Waals surface area contributed by atoms with Crippen molar-refractivity contribution >= 4 is 38.3 Å². The molecule has 0 amide bonds. The van der Waals surface area contributed by atoms with Gasteiger partial charge in [0, 0.05) is 23.7 Å². The van der Waals surface area contributed by atoms with Gasteiger partial charge in [0.25, 0.3) is 10.0 Å². The first-order valence-electron chi connectivity index (χ1n) is 11.5. The first-order chi connectivity index (χ1) is 17.6. The van der Waals surface area contributed by atoms with Gasteiger partial charge in [-0.25, -0.2) is 22.2 Å². The number of rotatable bonds is 6. The third-order valence-corrected chi connectivity index (χ3v) is 7.78. The van der Waals surface area contributed by atoms with E-state index in [-0.39, 0.29) is 28.2 Å². The summed E-state index contributed by atoms with van der Waals surface area (Å²) in [4.78, 5) is 10.5. The molecule has 1 aliphatic rings. The maximum atomic E-state index is 15.0. The van der Waals surface area contributed by atoms with Crippen LogP contribution in [0.25, 0.3) is 22.4 Å². The molecule has 0 aliphatic carbocycles. The number of hydrogen-bond acceptors (Lipinski definition) is 7. The monoisotopic (exact) mass is 548 g/mol. The number of aromatic nitrogens is 4. The summed E-state index contributed by atoms with van der Waals surface area (Å²) in [5.74, 6) is -1.39. The third kappa shape index (κ3) is 5.22. The van der Waals surface area contributed by atoms with Crippen LogP contribution in [-0.2, 0) is 10.0 Å². The van der Waals surface area contributed by atoms with E-state index in [4.69, 9.17) is 16.3 Å². The van der Waals surface area contributed by atoms with E-state index in [2.05, 4.69) is 36.8 Å². The van der Waals surface area contributed by atoms with E-state index in [1.807, 2.05) is 6.92 Å². The molecule has 0 saturated carbocycles. The summed E-state index contributed by atoms with van der Waals surface area (Å²) < 4.78 is 62.7. The second-order valence-corrected chi connectivity index (χ2v) is 11.0. The van der Waals surface area contributed by atoms with E-state index in [1.54, 1.807) is 0 Å². The Morgan fingerprint density at radius 2 is 1.86 bits per heavy atom. The highest BCUT2D eigenvalue weighted by Gasteiger charge is 2.24. The molecule has 0 radical (unpaired) electrons. The molecular formula is C24H23ClF2N6O3S. The fourth-order valence-electron chi connectivity index (χ4n) is 4.13. The molecule has 9 nitrogen and oxygen atoms in total. The number of likely N-dealkylation sites (tertiary alicyclic amines) is 1. The Kier molecular flexibility index (Phi) is 6.73. The van der Waals surface area contributed by atoms with Crippen molar-refractivity contribution in [2.24, 2.45) is 0 Å². The smallest absolute Gasteiger partial charge is 0.264 e. The van der Waals surface area contributed by atoms with E-state index in [0.717, 1.165) is 44.1 Å². The first-order valence-corrected chi connectivity index (χ1v) is 13.3. The van der Waals surface area contributed by atoms with Gasteiger partial charge in [0.2, 0.25) is 5.88 Å². The maximum Gasteiger partial charge on any atom is 0.264 e. The highest BCUT2D eigenvalue weighted by Crippen LogP contribution is 2.31. The van der Waals surface area contributed by atoms with Gasteiger partial charge in [-0.05, 0) is 63.2 Å². The topological polar surface area (TPSA) is 113 Å². The fourth-order valence-corrected chi connectivity index (χ4v) is 5.54. The first kappa shape index (κ1) is 25.3. The summed E-state index contributed by atoms with van der Waals surface area (Å²) >= 11 is 5.80. The van der Waals surface area contributed by atoms with Crippen LogP contribution in [0, 0.1) is 18.6 Å². The zero-order chi connectivity index (χ0) is 26.3. The van der Waals surface area contributed by atoms with E-state index in [9.17, 15) is 12.8 Å². The quantitative estimate of drug-likeness (QED) is 0.364. The van der Waals surface area contributed by atoms with Gasteiger partial charge in [0.1, 0.15) is 28.0 Å². The average molecular weight is 549 g/mol. The maximum absolute atomic E-state index is 15.0. The largest absolute Gasteiger partial charge is 0.474 e. The molecule has 0 spiro atoms. The molecule has 2 N–H and O–H groups in total. The minimum absolute atomic E-state index is 0.0254. The number of halogens is 3. The van der Waals surface area contributed by atoms with Crippen LogP contribution in [0.1, 0.15) is 18.5 Å². The lowest BCUT2D eigenvalue weighted by Gasteiger charge is -2.29. The number of aryl methyl sites for hydroxylation is 1. The number of ether oxygens (including phenoxy) is 1. The predicted octanol–water partition coefficient (Wildman–Crippen LogP) is 4.53. The van der Waals surface area contributed by atoms with Gasteiger partial charge in [-0.1, -0.05) is 11.6 Å². The van der Waals surface area contributed by atoms with E-state index >= 15 is 4.39 Å². The number of nitrogens with one attached hydrogen (secondary N) is 2. The number of piperidine rings is 1. The molecule has 37 heavy (non-hydrogen) atoms. The van der Waals surface area contributed by atoms with E-state index < -0.39 is 26.6 Å². The lowest BCUT2D eigenvalue weighted by molar-refractivity contribution is 0.111. The van der Waals surface area contributed by atoms with Gasteiger partial charge in [-0.3, -0.25) is 9.82 Å². The molecule has 0 bridgehead atoms. The summed E-state index contributed by atoms with van der Waals surface area (Å²) in [7, 11) is -2.38. The van der Waals surface area contributed by atoms with Crippen LogP contribution in [0.5, 0.6) is 5.88 Å².